The Hall–Kier alpha value is -2.65. The number of rotatable bonds is 4. The number of hydrogen-bond donors (Lipinski definition) is 3. The largest absolute Gasteiger partial charge is 0.508 e. The van der Waals surface area contributed by atoms with Gasteiger partial charge in [0.15, 0.2) is 0 Å². The van der Waals surface area contributed by atoms with Crippen molar-refractivity contribution in [1.29, 1.82) is 0 Å². The number of nitrogens with one attached hydrogen (secondary N) is 1. The van der Waals surface area contributed by atoms with Crippen molar-refractivity contribution in [3.63, 3.8) is 0 Å². The van der Waals surface area contributed by atoms with Crippen LogP contribution < -0.4 is 5.32 Å². The molecule has 3 rings (SSSR count). The summed E-state index contributed by atoms with van der Waals surface area (Å²) in [5.74, 6) is -0.338. The molecule has 2 atom stereocenters. The Kier molecular flexibility index (Phi) is 6.33. The van der Waals surface area contributed by atoms with Crippen molar-refractivity contribution in [3.05, 3.63) is 35.0 Å². The Morgan fingerprint density at radius 1 is 1.37 bits per heavy atom. The third kappa shape index (κ3) is 5.09. The topological polar surface area (TPSA) is 112 Å². The molecule has 8 nitrogen and oxygen atoms in total. The number of nitrogens with zero attached hydrogens (tertiary/aromatic N) is 2. The molecule has 30 heavy (non-hydrogen) atoms. The van der Waals surface area contributed by atoms with Crippen molar-refractivity contribution in [2.45, 2.75) is 58.4 Å². The van der Waals surface area contributed by atoms with Gasteiger partial charge in [0.25, 0.3) is 0 Å². The second-order valence-corrected chi connectivity index (χ2v) is 9.22. The zero-order chi connectivity index (χ0) is 22.1. The van der Waals surface area contributed by atoms with E-state index in [1.165, 1.54) is 16.2 Å². The molecule has 0 unspecified atom stereocenters. The summed E-state index contributed by atoms with van der Waals surface area (Å²) < 4.78 is 5.34. The van der Waals surface area contributed by atoms with Crippen LogP contribution in [-0.2, 0) is 16.1 Å². The first-order valence-electron chi connectivity index (χ1n) is 9.73. The average Bonchev–Trinajstić information content (AvgIpc) is 3.24. The summed E-state index contributed by atoms with van der Waals surface area (Å²) >= 11 is 1.49. The minimum absolute atomic E-state index is 0.0428. The molecule has 1 aliphatic heterocycles. The van der Waals surface area contributed by atoms with E-state index in [9.17, 15) is 19.8 Å². The average molecular weight is 434 g/mol. The minimum Gasteiger partial charge on any atom is -0.508 e. The molecule has 0 saturated carbocycles. The summed E-state index contributed by atoms with van der Waals surface area (Å²) in [6, 6.07) is 4.44. The summed E-state index contributed by atoms with van der Waals surface area (Å²) in [5, 5.41) is 23.1. The number of aliphatic hydroxyl groups is 1. The number of carbonyl (C=O) groups excluding carboxylic acids is 2. The number of carbonyl (C=O) groups is 2. The summed E-state index contributed by atoms with van der Waals surface area (Å²) in [5.41, 5.74) is 3.36. The number of benzene rings is 1. The van der Waals surface area contributed by atoms with Crippen LogP contribution in [0.25, 0.3) is 10.4 Å². The highest BCUT2D eigenvalue weighted by molar-refractivity contribution is 7.13. The fourth-order valence-electron chi connectivity index (χ4n) is 3.32. The molecule has 0 aliphatic carbocycles. The number of phenolic OH excluding ortho intramolecular Hbond substituents is 1. The zero-order valence-electron chi connectivity index (χ0n) is 17.5. The first kappa shape index (κ1) is 22.0. The molecular formula is C21H27N3O5S. The van der Waals surface area contributed by atoms with E-state index >= 15 is 0 Å². The lowest BCUT2D eigenvalue weighted by Crippen LogP contribution is -2.47. The van der Waals surface area contributed by atoms with Crippen LogP contribution in [0.15, 0.2) is 23.7 Å². The molecule has 162 valence electrons. The van der Waals surface area contributed by atoms with E-state index in [1.807, 2.05) is 13.0 Å². The molecule has 2 aromatic rings. The molecule has 1 aromatic carbocycles. The molecule has 1 fully saturated rings. The fourth-order valence-corrected chi connectivity index (χ4v) is 4.12. The van der Waals surface area contributed by atoms with Gasteiger partial charge in [-0.1, -0.05) is 12.1 Å². The van der Waals surface area contributed by atoms with Gasteiger partial charge in [-0.2, -0.15) is 0 Å². The maximum absolute atomic E-state index is 12.7. The Bertz CT molecular complexity index is 937. The predicted molar refractivity (Wildman–Crippen MR) is 113 cm³/mol. The Balaban J connectivity index is 1.65. The number of aromatic nitrogens is 1. The maximum atomic E-state index is 12.7. The van der Waals surface area contributed by atoms with Gasteiger partial charge in [-0.3, -0.25) is 9.69 Å². The van der Waals surface area contributed by atoms with E-state index in [0.29, 0.717) is 5.56 Å². The number of β-amino-alcohol motifs (C(OH)–C–C–N with tert-alkyl or cyclic N) is 1. The van der Waals surface area contributed by atoms with Gasteiger partial charge in [0.05, 0.1) is 28.7 Å². The number of amides is 2. The smallest absolute Gasteiger partial charge is 0.411 e. The molecule has 9 heteroatoms. The second-order valence-electron chi connectivity index (χ2n) is 8.37. The van der Waals surface area contributed by atoms with Crippen molar-refractivity contribution in [2.75, 3.05) is 6.54 Å². The van der Waals surface area contributed by atoms with Gasteiger partial charge in [-0.15, -0.1) is 11.3 Å². The molecule has 0 bridgehead atoms. The first-order chi connectivity index (χ1) is 14.0. The van der Waals surface area contributed by atoms with Crippen LogP contribution in [0.1, 0.15) is 38.4 Å². The van der Waals surface area contributed by atoms with Crippen molar-refractivity contribution in [2.24, 2.45) is 0 Å². The van der Waals surface area contributed by atoms with Crippen LogP contribution in [0.3, 0.4) is 0 Å². The van der Waals surface area contributed by atoms with Crippen molar-refractivity contribution in [1.82, 2.24) is 15.2 Å². The Morgan fingerprint density at radius 2 is 2.10 bits per heavy atom. The van der Waals surface area contributed by atoms with Crippen LogP contribution in [0, 0.1) is 6.92 Å². The predicted octanol–water partition coefficient (Wildman–Crippen LogP) is 2.81. The van der Waals surface area contributed by atoms with Gasteiger partial charge < -0.3 is 20.3 Å². The lowest BCUT2D eigenvalue weighted by molar-refractivity contribution is -0.125. The molecule has 3 N–H and O–H groups in total. The fraction of sp³-hybridized carbons (Fsp3) is 0.476. The van der Waals surface area contributed by atoms with E-state index in [2.05, 4.69) is 10.3 Å². The normalized spacial score (nSPS) is 19.0. The summed E-state index contributed by atoms with van der Waals surface area (Å²) in [6.45, 7) is 7.28. The van der Waals surface area contributed by atoms with E-state index in [0.717, 1.165) is 16.1 Å². The standard InChI is InChI=1S/C21H27N3O5S/c1-12-18(30-11-23-12)13-5-6-14(17(26)7-13)9-22-19(27)16-8-15(25)10-24(16)20(28)29-21(2,3)4/h5-7,11,15-16,25-26H,8-10H2,1-4H3,(H,22,27)/t15-,16-/m0/s1. The zero-order valence-corrected chi connectivity index (χ0v) is 18.3. The Morgan fingerprint density at radius 3 is 2.70 bits per heavy atom. The van der Waals surface area contributed by atoms with E-state index in [4.69, 9.17) is 4.74 Å². The second kappa shape index (κ2) is 8.61. The SMILES string of the molecule is Cc1ncsc1-c1ccc(CNC(=O)[C@@H]2C[C@H](O)CN2C(=O)OC(C)(C)C)c(O)c1. The van der Waals surface area contributed by atoms with Crippen molar-refractivity contribution < 1.29 is 24.5 Å². The number of ether oxygens (including phenoxy) is 1. The Labute approximate surface area is 179 Å². The van der Waals surface area contributed by atoms with Gasteiger partial charge in [0, 0.05) is 18.5 Å². The molecule has 2 amide bonds. The molecule has 1 aliphatic rings. The lowest BCUT2D eigenvalue weighted by Gasteiger charge is -2.27. The third-order valence-electron chi connectivity index (χ3n) is 4.76. The highest BCUT2D eigenvalue weighted by atomic mass is 32.1. The minimum atomic E-state index is -0.823. The highest BCUT2D eigenvalue weighted by Gasteiger charge is 2.40. The van der Waals surface area contributed by atoms with Gasteiger partial charge in [0.1, 0.15) is 17.4 Å². The van der Waals surface area contributed by atoms with E-state index in [1.54, 1.807) is 38.4 Å². The number of aliphatic hydroxyl groups excluding tert-OH is 1. The number of phenols is 1. The van der Waals surface area contributed by atoms with E-state index in [-0.39, 0.29) is 25.3 Å². The number of aromatic hydroxyl groups is 1. The number of likely N-dealkylation sites (tertiary alicyclic amines) is 1. The molecule has 0 radical (unpaired) electrons. The molecule has 1 aromatic heterocycles. The van der Waals surface area contributed by atoms with Crippen LogP contribution in [-0.4, -0.2) is 56.4 Å². The molecular weight excluding hydrogens is 406 g/mol. The maximum Gasteiger partial charge on any atom is 0.411 e. The van der Waals surface area contributed by atoms with Gasteiger partial charge in [0.2, 0.25) is 5.91 Å². The number of hydrogen-bond acceptors (Lipinski definition) is 7. The summed E-state index contributed by atoms with van der Waals surface area (Å²) in [4.78, 5) is 31.5. The third-order valence-corrected chi connectivity index (χ3v) is 5.73. The van der Waals surface area contributed by atoms with Crippen LogP contribution in [0.5, 0.6) is 5.75 Å². The molecule has 2 heterocycles. The molecule has 0 spiro atoms. The van der Waals surface area contributed by atoms with Gasteiger partial charge in [-0.05, 0) is 39.3 Å². The molecule has 1 saturated heterocycles. The monoisotopic (exact) mass is 433 g/mol. The summed E-state index contributed by atoms with van der Waals surface area (Å²) in [6.07, 6.45) is -1.28. The lowest BCUT2D eigenvalue weighted by atomic mass is 10.1. The quantitative estimate of drug-likeness (QED) is 0.684. The first-order valence-corrected chi connectivity index (χ1v) is 10.6. The van der Waals surface area contributed by atoms with Crippen LogP contribution >= 0.6 is 11.3 Å². The van der Waals surface area contributed by atoms with Gasteiger partial charge in [-0.25, -0.2) is 9.78 Å². The van der Waals surface area contributed by atoms with Crippen molar-refractivity contribution in [3.8, 4) is 16.2 Å². The highest BCUT2D eigenvalue weighted by Crippen LogP contribution is 2.31. The van der Waals surface area contributed by atoms with Crippen LogP contribution in [0.2, 0.25) is 0 Å². The van der Waals surface area contributed by atoms with Crippen LogP contribution in [0.4, 0.5) is 4.79 Å². The van der Waals surface area contributed by atoms with Gasteiger partial charge >= 0.3 is 6.09 Å². The van der Waals surface area contributed by atoms with Crippen molar-refractivity contribution >= 4 is 23.3 Å². The number of thiazole rings is 1. The van der Waals surface area contributed by atoms with E-state index < -0.39 is 29.7 Å². The summed E-state index contributed by atoms with van der Waals surface area (Å²) in [7, 11) is 0. The number of aryl methyl sites for hydroxylation is 1.